The Bertz CT molecular complexity index is 613. The second-order valence-corrected chi connectivity index (χ2v) is 8.24. The van der Waals surface area contributed by atoms with Gasteiger partial charge in [-0.25, -0.2) is 0 Å². The maximum Gasteiger partial charge on any atom is 0.278 e. The van der Waals surface area contributed by atoms with Gasteiger partial charge in [0, 0.05) is 6.04 Å². The monoisotopic (exact) mass is 360 g/mol. The highest BCUT2D eigenvalue weighted by Gasteiger charge is 2.33. The number of phenolic OH excluding ortho intramolecular Hbond substituents is 1. The molecule has 1 heterocycles. The third-order valence-corrected chi connectivity index (χ3v) is 6.67. The Hall–Kier alpha value is -1.75. The quantitative estimate of drug-likeness (QED) is 0.761. The van der Waals surface area contributed by atoms with E-state index in [1.165, 1.54) is 17.7 Å². The van der Waals surface area contributed by atoms with E-state index in [0.29, 0.717) is 23.6 Å². The van der Waals surface area contributed by atoms with Gasteiger partial charge in [0.2, 0.25) is 0 Å². The first-order valence-electron chi connectivity index (χ1n) is 10.1. The van der Waals surface area contributed by atoms with Gasteiger partial charge in [-0.2, -0.15) is 0 Å². The van der Waals surface area contributed by atoms with Gasteiger partial charge in [-0.15, -0.1) is 0 Å². The van der Waals surface area contributed by atoms with Crippen LogP contribution in [0.1, 0.15) is 40.0 Å². The minimum absolute atomic E-state index is 0.0223. The lowest BCUT2D eigenvalue weighted by atomic mass is 9.78. The summed E-state index contributed by atoms with van der Waals surface area (Å²) in [5.41, 5.74) is 0.897. The summed E-state index contributed by atoms with van der Waals surface area (Å²) in [5.74, 6) is 1.79. The smallest absolute Gasteiger partial charge is 0.278 e. The van der Waals surface area contributed by atoms with Crippen molar-refractivity contribution in [3.05, 3.63) is 24.3 Å². The van der Waals surface area contributed by atoms with Crippen LogP contribution in [-0.4, -0.2) is 49.3 Å². The molecule has 4 atom stereocenters. The third-order valence-electron chi connectivity index (χ3n) is 6.67. The van der Waals surface area contributed by atoms with E-state index in [9.17, 15) is 9.90 Å². The van der Waals surface area contributed by atoms with Crippen LogP contribution in [0.3, 0.4) is 0 Å². The molecule has 144 valence electrons. The predicted molar refractivity (Wildman–Crippen MR) is 105 cm³/mol. The van der Waals surface area contributed by atoms with Crippen molar-refractivity contribution in [2.24, 2.45) is 11.8 Å². The molecule has 3 N–H and O–H groups in total. The molecule has 0 bridgehead atoms. The first kappa shape index (κ1) is 19.0. The summed E-state index contributed by atoms with van der Waals surface area (Å²) in [7, 11) is 0. The average molecular weight is 361 g/mol. The first-order valence-corrected chi connectivity index (χ1v) is 10.1. The Morgan fingerprint density at radius 2 is 1.92 bits per heavy atom. The Morgan fingerprint density at radius 3 is 2.62 bits per heavy atom. The molecule has 1 amide bonds. The number of rotatable bonds is 4. The van der Waals surface area contributed by atoms with E-state index in [-0.39, 0.29) is 11.9 Å². The molecule has 0 spiro atoms. The van der Waals surface area contributed by atoms with Crippen molar-refractivity contribution in [3.63, 3.8) is 0 Å². The fourth-order valence-electron chi connectivity index (χ4n) is 4.48. The number of nitrogens with zero attached hydrogens (tertiary/aromatic N) is 1. The van der Waals surface area contributed by atoms with Crippen LogP contribution in [0.25, 0.3) is 0 Å². The molecule has 5 heteroatoms. The highest BCUT2D eigenvalue weighted by atomic mass is 16.3. The summed E-state index contributed by atoms with van der Waals surface area (Å²) in [5, 5.41) is 13.4. The van der Waals surface area contributed by atoms with Crippen molar-refractivity contribution < 1.29 is 14.8 Å². The Morgan fingerprint density at radius 1 is 1.23 bits per heavy atom. The Kier molecular flexibility index (Phi) is 6.07. The molecule has 0 aromatic heterocycles. The second kappa shape index (κ2) is 8.30. The topological polar surface area (TPSA) is 57.0 Å². The number of hydrogen-bond donors (Lipinski definition) is 3. The molecule has 26 heavy (non-hydrogen) atoms. The zero-order valence-electron chi connectivity index (χ0n) is 16.4. The van der Waals surface area contributed by atoms with Crippen LogP contribution < -0.4 is 15.1 Å². The molecular weight excluding hydrogens is 326 g/mol. The number of quaternary nitrogens is 1. The van der Waals surface area contributed by atoms with Crippen LogP contribution >= 0.6 is 0 Å². The molecule has 0 unspecified atom stereocenters. The van der Waals surface area contributed by atoms with E-state index in [1.54, 1.807) is 6.07 Å². The normalized spacial score (nSPS) is 28.6. The third kappa shape index (κ3) is 4.14. The minimum atomic E-state index is -0.0223. The highest BCUT2D eigenvalue weighted by Crippen LogP contribution is 2.29. The van der Waals surface area contributed by atoms with Crippen molar-refractivity contribution in [2.45, 2.75) is 52.1 Å². The summed E-state index contributed by atoms with van der Waals surface area (Å²) in [6, 6.07) is 7.80. The molecule has 1 aliphatic carbocycles. The van der Waals surface area contributed by atoms with Crippen molar-refractivity contribution in [2.75, 3.05) is 31.1 Å². The summed E-state index contributed by atoms with van der Waals surface area (Å²) in [4.78, 5) is 16.3. The summed E-state index contributed by atoms with van der Waals surface area (Å²) < 4.78 is 0. The molecule has 0 radical (unpaired) electrons. The van der Waals surface area contributed by atoms with Gasteiger partial charge >= 0.3 is 0 Å². The molecule has 3 rings (SSSR count). The maximum absolute atomic E-state index is 12.8. The van der Waals surface area contributed by atoms with E-state index in [2.05, 4.69) is 31.0 Å². The van der Waals surface area contributed by atoms with Gasteiger partial charge in [0.25, 0.3) is 5.91 Å². The van der Waals surface area contributed by atoms with Gasteiger partial charge in [0.05, 0.1) is 31.9 Å². The molecule has 1 saturated heterocycles. The van der Waals surface area contributed by atoms with E-state index in [4.69, 9.17) is 0 Å². The number of nitrogens with one attached hydrogen (secondary N) is 2. The lowest BCUT2D eigenvalue weighted by molar-refractivity contribution is -0.914. The summed E-state index contributed by atoms with van der Waals surface area (Å²) in [6.07, 6.45) is 3.61. The number of piperazine rings is 1. The number of aromatic hydroxyl groups is 1. The molecule has 1 aromatic carbocycles. The minimum Gasteiger partial charge on any atom is -0.506 e. The van der Waals surface area contributed by atoms with Gasteiger partial charge in [-0.1, -0.05) is 38.8 Å². The number of benzene rings is 1. The molecule has 1 aliphatic heterocycles. The number of carbonyl (C=O) groups is 1. The number of para-hydroxylation sites is 2. The maximum atomic E-state index is 12.8. The van der Waals surface area contributed by atoms with E-state index in [1.807, 2.05) is 18.2 Å². The van der Waals surface area contributed by atoms with Crippen LogP contribution in [-0.2, 0) is 4.79 Å². The van der Waals surface area contributed by atoms with Crippen LogP contribution in [0.15, 0.2) is 24.3 Å². The van der Waals surface area contributed by atoms with Crippen LogP contribution in [0, 0.1) is 11.8 Å². The average Bonchev–Trinajstić information content (AvgIpc) is 2.65. The molecule has 2 aliphatic rings. The Labute approximate surface area is 157 Å². The fourth-order valence-corrected chi connectivity index (χ4v) is 4.48. The van der Waals surface area contributed by atoms with Crippen molar-refractivity contribution in [1.82, 2.24) is 5.32 Å². The van der Waals surface area contributed by atoms with Gasteiger partial charge in [0.1, 0.15) is 5.75 Å². The SMILES string of the molecule is C[C@@H]1[C@H](C)CCC[C@@H]1NC(=O)[C@@H](C)[NH+]1CCN(c2ccccc2O)CC1. The zero-order valence-corrected chi connectivity index (χ0v) is 16.4. The molecule has 1 saturated carbocycles. The highest BCUT2D eigenvalue weighted by molar-refractivity contribution is 5.80. The standard InChI is InChI=1S/C21H33N3O2/c1-15-7-6-8-18(16(15)2)22-21(26)17(3)23-11-13-24(14-12-23)19-9-4-5-10-20(19)25/h4-5,9-10,15-18,25H,6-8,11-14H2,1-3H3,(H,22,26)/p+1/t15-,16-,17-,18+/m1/s1. The first-order chi connectivity index (χ1) is 12.5. The summed E-state index contributed by atoms with van der Waals surface area (Å²) in [6.45, 7) is 10.2. The number of hydrogen-bond acceptors (Lipinski definition) is 3. The lowest BCUT2D eigenvalue weighted by Gasteiger charge is -2.38. The molecule has 1 aromatic rings. The van der Waals surface area contributed by atoms with E-state index in [0.717, 1.165) is 38.3 Å². The van der Waals surface area contributed by atoms with Crippen molar-refractivity contribution in [3.8, 4) is 5.75 Å². The van der Waals surface area contributed by atoms with E-state index < -0.39 is 0 Å². The molecular formula is C21H34N3O2+. The largest absolute Gasteiger partial charge is 0.506 e. The number of amides is 1. The van der Waals surface area contributed by atoms with Crippen molar-refractivity contribution >= 4 is 11.6 Å². The van der Waals surface area contributed by atoms with Gasteiger partial charge in [0.15, 0.2) is 6.04 Å². The lowest BCUT2D eigenvalue weighted by Crippen LogP contribution is -3.19. The van der Waals surface area contributed by atoms with Gasteiger partial charge in [-0.3, -0.25) is 4.79 Å². The van der Waals surface area contributed by atoms with Crippen LogP contribution in [0.2, 0.25) is 0 Å². The Balaban J connectivity index is 1.52. The number of anilines is 1. The number of phenols is 1. The summed E-state index contributed by atoms with van der Waals surface area (Å²) >= 11 is 0. The molecule has 2 fully saturated rings. The van der Waals surface area contributed by atoms with Gasteiger partial charge < -0.3 is 20.2 Å². The predicted octanol–water partition coefficient (Wildman–Crippen LogP) is 1.43. The fraction of sp³-hybridized carbons (Fsp3) is 0.667. The number of carbonyl (C=O) groups excluding carboxylic acids is 1. The van der Waals surface area contributed by atoms with Crippen molar-refractivity contribution in [1.29, 1.82) is 0 Å². The second-order valence-electron chi connectivity index (χ2n) is 8.24. The van der Waals surface area contributed by atoms with Crippen LogP contribution in [0.4, 0.5) is 5.69 Å². The van der Waals surface area contributed by atoms with Gasteiger partial charge in [-0.05, 0) is 37.3 Å². The molecule has 5 nitrogen and oxygen atoms in total. The van der Waals surface area contributed by atoms with E-state index >= 15 is 0 Å². The zero-order chi connectivity index (χ0) is 18.7. The van der Waals surface area contributed by atoms with Crippen LogP contribution in [0.5, 0.6) is 5.75 Å².